The Morgan fingerprint density at radius 1 is 0.654 bits per heavy atom. The molecular weight excluding hydrogens is 367 g/mol. The number of nitrogens with one attached hydrogen (secondary N) is 2. The van der Waals surface area contributed by atoms with E-state index in [1.54, 1.807) is 0 Å². The topological polar surface area (TPSA) is 31.8 Å². The summed E-state index contributed by atoms with van der Waals surface area (Å²) in [6, 6.07) is 8.64. The summed E-state index contributed by atoms with van der Waals surface area (Å²) in [5, 5.41) is 6.81. The maximum absolute atomic E-state index is 3.41. The molecule has 0 saturated carbocycles. The van der Waals surface area contributed by atoms with Gasteiger partial charge >= 0.3 is 0 Å². The summed E-state index contributed by atoms with van der Waals surface area (Å²) in [5.74, 6) is 0. The van der Waals surface area contributed by atoms with Crippen molar-refractivity contribution >= 4 is 11.4 Å². The van der Waals surface area contributed by atoms with E-state index < -0.39 is 0 Å². The number of rotatable bonds is 11. The van der Waals surface area contributed by atoms with Crippen LogP contribution in [0.5, 0.6) is 0 Å². The number of aryl methyl sites for hydroxylation is 2. The van der Waals surface area contributed by atoms with Crippen LogP contribution >= 0.6 is 0 Å². The lowest BCUT2D eigenvalue weighted by atomic mass is 10.3. The molecule has 146 valence electrons. The standard InChI is InChI=1S/C20H30N4.2ClH/c1-3-11-21-19-7-15-23(16-8-19)13-5-6-14-24-17-9-20(10-18-24)22-12-4-2;;/h7-10,15-18H,3-6,11-14H2,1-2H3;2*1H. The lowest BCUT2D eigenvalue weighted by Gasteiger charge is -2.04. The number of pyridine rings is 2. The number of hydrogen-bond donors (Lipinski definition) is 2. The van der Waals surface area contributed by atoms with Crippen LogP contribution in [-0.2, 0) is 13.1 Å². The molecule has 0 atom stereocenters. The van der Waals surface area contributed by atoms with Crippen molar-refractivity contribution in [2.75, 3.05) is 23.7 Å². The van der Waals surface area contributed by atoms with Gasteiger partial charge in [0.1, 0.15) is 13.1 Å². The van der Waals surface area contributed by atoms with Crippen molar-refractivity contribution in [1.29, 1.82) is 0 Å². The maximum atomic E-state index is 3.41. The van der Waals surface area contributed by atoms with Crippen LogP contribution in [0, 0.1) is 0 Å². The fourth-order valence-corrected chi connectivity index (χ4v) is 2.58. The van der Waals surface area contributed by atoms with Gasteiger partial charge in [-0.15, -0.1) is 0 Å². The number of hydrogen-bond acceptors (Lipinski definition) is 2. The molecule has 0 amide bonds. The molecule has 2 heterocycles. The first-order chi connectivity index (χ1) is 11.8. The van der Waals surface area contributed by atoms with E-state index in [0.717, 1.165) is 39.0 Å². The van der Waals surface area contributed by atoms with E-state index in [0.29, 0.717) is 0 Å². The maximum Gasteiger partial charge on any atom is 0.170 e. The number of anilines is 2. The molecule has 4 nitrogen and oxygen atoms in total. The van der Waals surface area contributed by atoms with Crippen LogP contribution in [0.15, 0.2) is 49.1 Å². The van der Waals surface area contributed by atoms with Crippen molar-refractivity contribution in [1.82, 2.24) is 0 Å². The van der Waals surface area contributed by atoms with Crippen LogP contribution in [-0.4, -0.2) is 13.1 Å². The van der Waals surface area contributed by atoms with E-state index in [4.69, 9.17) is 0 Å². The van der Waals surface area contributed by atoms with Crippen LogP contribution in [0.3, 0.4) is 0 Å². The SMILES string of the molecule is CCCNc1cc[n+](CCCC[n+]2ccc(NCCC)cc2)cc1.[Cl-].[Cl-]. The fourth-order valence-electron chi connectivity index (χ4n) is 2.58. The first-order valence-electron chi connectivity index (χ1n) is 9.27. The van der Waals surface area contributed by atoms with E-state index in [9.17, 15) is 0 Å². The second-order valence-corrected chi connectivity index (χ2v) is 6.21. The number of nitrogens with zero attached hydrogens (tertiary/aromatic N) is 2. The van der Waals surface area contributed by atoms with Gasteiger partial charge in [-0.05, 0) is 12.8 Å². The fraction of sp³-hybridized carbons (Fsp3) is 0.500. The highest BCUT2D eigenvalue weighted by Gasteiger charge is 2.04. The van der Waals surface area contributed by atoms with Crippen molar-refractivity contribution < 1.29 is 33.9 Å². The molecule has 0 aromatic carbocycles. The molecule has 6 heteroatoms. The highest BCUT2D eigenvalue weighted by molar-refractivity contribution is 5.40. The monoisotopic (exact) mass is 398 g/mol. The molecule has 0 saturated heterocycles. The Balaban J connectivity index is 0.00000312. The third-order valence-electron chi connectivity index (χ3n) is 4.02. The first kappa shape index (κ1) is 24.5. The highest BCUT2D eigenvalue weighted by atomic mass is 35.5. The summed E-state index contributed by atoms with van der Waals surface area (Å²) in [7, 11) is 0. The van der Waals surface area contributed by atoms with Crippen LogP contribution in [0.4, 0.5) is 11.4 Å². The molecule has 0 fully saturated rings. The third-order valence-corrected chi connectivity index (χ3v) is 4.02. The lowest BCUT2D eigenvalue weighted by molar-refractivity contribution is -0.708. The molecule has 2 aromatic rings. The minimum atomic E-state index is 0. The largest absolute Gasteiger partial charge is 1.00 e. The van der Waals surface area contributed by atoms with Gasteiger partial charge in [0.25, 0.3) is 0 Å². The van der Waals surface area contributed by atoms with Crippen molar-refractivity contribution in [2.45, 2.75) is 52.6 Å². The van der Waals surface area contributed by atoms with Crippen molar-refractivity contribution in [3.05, 3.63) is 49.1 Å². The summed E-state index contributed by atoms with van der Waals surface area (Å²) in [4.78, 5) is 0. The smallest absolute Gasteiger partial charge is 0.170 e. The Kier molecular flexibility index (Phi) is 13.8. The minimum absolute atomic E-state index is 0. The van der Waals surface area contributed by atoms with Crippen molar-refractivity contribution in [3.63, 3.8) is 0 Å². The third kappa shape index (κ3) is 9.25. The molecule has 0 unspecified atom stereocenters. The van der Waals surface area contributed by atoms with E-state index in [1.807, 2.05) is 0 Å². The van der Waals surface area contributed by atoms with Crippen LogP contribution < -0.4 is 44.6 Å². The second kappa shape index (κ2) is 14.6. The van der Waals surface area contributed by atoms with Crippen LogP contribution in [0.2, 0.25) is 0 Å². The van der Waals surface area contributed by atoms with Gasteiger partial charge in [-0.1, -0.05) is 13.8 Å². The minimum Gasteiger partial charge on any atom is -1.00 e. The Morgan fingerprint density at radius 3 is 1.31 bits per heavy atom. The summed E-state index contributed by atoms with van der Waals surface area (Å²) < 4.78 is 4.53. The number of aromatic nitrogens is 2. The average Bonchev–Trinajstić information content (AvgIpc) is 2.64. The quantitative estimate of drug-likeness (QED) is 0.321. The zero-order valence-electron chi connectivity index (χ0n) is 15.9. The summed E-state index contributed by atoms with van der Waals surface area (Å²) in [6.07, 6.45) is 13.4. The normalized spacial score (nSPS) is 9.77. The van der Waals surface area contributed by atoms with E-state index in [-0.39, 0.29) is 24.8 Å². The molecule has 2 aromatic heterocycles. The average molecular weight is 399 g/mol. The molecule has 2 N–H and O–H groups in total. The van der Waals surface area contributed by atoms with Gasteiger partial charge < -0.3 is 35.4 Å². The summed E-state index contributed by atoms with van der Waals surface area (Å²) >= 11 is 0. The number of halogens is 2. The molecule has 0 radical (unpaired) electrons. The van der Waals surface area contributed by atoms with Gasteiger partial charge in [0.05, 0.1) is 0 Å². The number of unbranched alkanes of at least 4 members (excludes halogenated alkanes) is 1. The van der Waals surface area contributed by atoms with Gasteiger partial charge in [0.15, 0.2) is 24.8 Å². The molecule has 0 spiro atoms. The molecule has 26 heavy (non-hydrogen) atoms. The van der Waals surface area contributed by atoms with Crippen LogP contribution in [0.25, 0.3) is 0 Å². The van der Waals surface area contributed by atoms with Gasteiger partial charge in [-0.2, -0.15) is 0 Å². The van der Waals surface area contributed by atoms with E-state index >= 15 is 0 Å². The van der Waals surface area contributed by atoms with Gasteiger partial charge in [-0.25, -0.2) is 9.13 Å². The lowest BCUT2D eigenvalue weighted by Crippen LogP contribution is -3.00. The van der Waals surface area contributed by atoms with Crippen molar-refractivity contribution in [2.24, 2.45) is 0 Å². The second-order valence-electron chi connectivity index (χ2n) is 6.21. The molecule has 0 aliphatic carbocycles. The predicted octanol–water partition coefficient (Wildman–Crippen LogP) is -2.61. The Morgan fingerprint density at radius 2 is 1.00 bits per heavy atom. The molecular formula is C20H32Cl2N4. The van der Waals surface area contributed by atoms with Gasteiger partial charge in [0, 0.05) is 61.6 Å². The molecule has 0 aliphatic rings. The van der Waals surface area contributed by atoms with E-state index in [1.165, 1.54) is 24.2 Å². The van der Waals surface area contributed by atoms with Crippen LogP contribution in [0.1, 0.15) is 39.5 Å². The zero-order chi connectivity index (χ0) is 17.0. The predicted molar refractivity (Wildman–Crippen MR) is 100 cm³/mol. The Bertz CT molecular complexity index is 520. The zero-order valence-corrected chi connectivity index (χ0v) is 17.4. The molecule has 2 rings (SSSR count). The summed E-state index contributed by atoms with van der Waals surface area (Å²) in [5.41, 5.74) is 2.42. The summed E-state index contributed by atoms with van der Waals surface area (Å²) in [6.45, 7) is 8.59. The van der Waals surface area contributed by atoms with Gasteiger partial charge in [0.2, 0.25) is 0 Å². The highest BCUT2D eigenvalue weighted by Crippen LogP contribution is 2.03. The Labute approximate surface area is 170 Å². The van der Waals surface area contributed by atoms with Crippen molar-refractivity contribution in [3.8, 4) is 0 Å². The van der Waals surface area contributed by atoms with Gasteiger partial charge in [-0.3, -0.25) is 0 Å². The first-order valence-corrected chi connectivity index (χ1v) is 9.27. The molecule has 0 aliphatic heterocycles. The van der Waals surface area contributed by atoms with E-state index in [2.05, 4.69) is 82.7 Å². The Hall–Kier alpha value is -1.52. The molecule has 0 bridgehead atoms.